The van der Waals surface area contributed by atoms with Gasteiger partial charge in [0.1, 0.15) is 12.1 Å². The number of carbonyl (C=O) groups excluding carboxylic acids is 2. The van der Waals surface area contributed by atoms with E-state index in [1.54, 1.807) is 6.92 Å². The van der Waals surface area contributed by atoms with Gasteiger partial charge in [-0.2, -0.15) is 0 Å². The van der Waals surface area contributed by atoms with E-state index in [0.717, 1.165) is 22.3 Å². The lowest BCUT2D eigenvalue weighted by atomic mass is 9.95. The van der Waals surface area contributed by atoms with Crippen LogP contribution in [0, 0.1) is 0 Å². The Morgan fingerprint density at radius 2 is 1.62 bits per heavy atom. The van der Waals surface area contributed by atoms with Crippen LogP contribution in [0.1, 0.15) is 50.2 Å². The average Bonchev–Trinajstić information content (AvgIpc) is 3.13. The molecule has 8 heteroatoms. The summed E-state index contributed by atoms with van der Waals surface area (Å²) in [5.74, 6) is -1.34. The zero-order valence-corrected chi connectivity index (χ0v) is 19.6. The zero-order valence-electron chi connectivity index (χ0n) is 19.6. The van der Waals surface area contributed by atoms with Gasteiger partial charge in [-0.15, -0.1) is 0 Å². The summed E-state index contributed by atoms with van der Waals surface area (Å²) in [6.45, 7) is 4.24. The molecule has 0 heterocycles. The number of aliphatic carboxylic acids is 1. The first-order valence-electron chi connectivity index (χ1n) is 11.6. The number of hydrogen-bond donors (Lipinski definition) is 3. The van der Waals surface area contributed by atoms with Gasteiger partial charge in [0.05, 0.1) is 19.6 Å². The highest BCUT2D eigenvalue weighted by Gasteiger charge is 2.35. The third-order valence-electron chi connectivity index (χ3n) is 5.96. The van der Waals surface area contributed by atoms with Crippen molar-refractivity contribution in [2.45, 2.75) is 44.6 Å². The van der Waals surface area contributed by atoms with Crippen LogP contribution >= 0.6 is 0 Å². The number of nitrogens with one attached hydrogen (secondary N) is 2. The molecule has 8 nitrogen and oxygen atoms in total. The van der Waals surface area contributed by atoms with Crippen molar-refractivity contribution in [2.75, 3.05) is 26.4 Å². The first kappa shape index (κ1) is 25.2. The highest BCUT2D eigenvalue weighted by atomic mass is 16.5. The molecule has 0 radical (unpaired) electrons. The van der Waals surface area contributed by atoms with Crippen LogP contribution in [0.4, 0.5) is 4.79 Å². The predicted molar refractivity (Wildman–Crippen MR) is 128 cm³/mol. The Morgan fingerprint density at radius 3 is 2.21 bits per heavy atom. The molecule has 2 amide bonds. The molecule has 2 aromatic rings. The standard InChI is InChI=1S/C26H32N2O6/c1-3-13-26(2,24(31)27-14-16-33-15-12-23(29)30)28-25(32)34-17-22-20-10-6-4-8-18(20)19-9-5-7-11-21(19)22/h4-11,22H,3,12-17H2,1-2H3,(H,27,31)(H,28,32)(H,29,30). The van der Waals surface area contributed by atoms with E-state index in [-0.39, 0.29) is 44.6 Å². The maximum atomic E-state index is 12.8. The summed E-state index contributed by atoms with van der Waals surface area (Å²) in [6.07, 6.45) is 0.377. The second-order valence-corrected chi connectivity index (χ2v) is 8.54. The molecule has 0 aromatic heterocycles. The summed E-state index contributed by atoms with van der Waals surface area (Å²) in [5, 5.41) is 14.1. The number of carboxylic acids is 1. The van der Waals surface area contributed by atoms with Crippen LogP contribution in [0.3, 0.4) is 0 Å². The molecule has 1 atom stereocenters. The molecule has 1 aliphatic rings. The fourth-order valence-corrected chi connectivity index (χ4v) is 4.29. The van der Waals surface area contributed by atoms with Crippen molar-refractivity contribution in [3.63, 3.8) is 0 Å². The van der Waals surface area contributed by atoms with E-state index < -0.39 is 17.6 Å². The normalized spacial score (nSPS) is 13.9. The van der Waals surface area contributed by atoms with Crippen LogP contribution in [0.25, 0.3) is 11.1 Å². The molecule has 0 bridgehead atoms. The van der Waals surface area contributed by atoms with Crippen molar-refractivity contribution in [3.8, 4) is 11.1 Å². The molecule has 182 valence electrons. The van der Waals surface area contributed by atoms with Crippen molar-refractivity contribution in [1.29, 1.82) is 0 Å². The summed E-state index contributed by atoms with van der Waals surface area (Å²) < 4.78 is 10.8. The van der Waals surface area contributed by atoms with Crippen LogP contribution < -0.4 is 10.6 Å². The number of carbonyl (C=O) groups is 3. The van der Waals surface area contributed by atoms with Gasteiger partial charge in [-0.25, -0.2) is 4.79 Å². The van der Waals surface area contributed by atoms with Gasteiger partial charge in [-0.3, -0.25) is 9.59 Å². The number of amides is 2. The maximum Gasteiger partial charge on any atom is 0.408 e. The molecule has 1 unspecified atom stereocenters. The van der Waals surface area contributed by atoms with E-state index in [2.05, 4.69) is 34.9 Å². The van der Waals surface area contributed by atoms with Crippen LogP contribution in [0.2, 0.25) is 0 Å². The Hall–Kier alpha value is -3.39. The molecule has 0 saturated carbocycles. The van der Waals surface area contributed by atoms with Crippen molar-refractivity contribution < 1.29 is 29.0 Å². The number of hydrogen-bond acceptors (Lipinski definition) is 5. The lowest BCUT2D eigenvalue weighted by molar-refractivity contribution is -0.138. The third kappa shape index (κ3) is 6.14. The maximum absolute atomic E-state index is 12.8. The molecule has 3 rings (SSSR count). The second-order valence-electron chi connectivity index (χ2n) is 8.54. The average molecular weight is 469 g/mol. The first-order chi connectivity index (χ1) is 16.4. The minimum absolute atomic E-state index is 0.0626. The van der Waals surface area contributed by atoms with Crippen LogP contribution in [-0.2, 0) is 19.1 Å². The van der Waals surface area contributed by atoms with Crippen molar-refractivity contribution in [1.82, 2.24) is 10.6 Å². The van der Waals surface area contributed by atoms with Gasteiger partial charge in [0.25, 0.3) is 0 Å². The highest BCUT2D eigenvalue weighted by Crippen LogP contribution is 2.44. The molecule has 0 spiro atoms. The molecule has 0 fully saturated rings. The first-order valence-corrected chi connectivity index (χ1v) is 11.6. The highest BCUT2D eigenvalue weighted by molar-refractivity contribution is 5.89. The number of alkyl carbamates (subject to hydrolysis) is 1. The summed E-state index contributed by atoms with van der Waals surface area (Å²) in [4.78, 5) is 36.0. The molecular formula is C26H32N2O6. The van der Waals surface area contributed by atoms with E-state index >= 15 is 0 Å². The van der Waals surface area contributed by atoms with Gasteiger partial charge in [0.2, 0.25) is 5.91 Å². The SMILES string of the molecule is CCCC(C)(NC(=O)OCC1c2ccccc2-c2ccccc21)C(=O)NCCOCCC(=O)O. The number of fused-ring (bicyclic) bond motifs is 3. The zero-order chi connectivity index (χ0) is 24.6. The van der Waals surface area contributed by atoms with Gasteiger partial charge >= 0.3 is 12.1 Å². The number of benzene rings is 2. The lowest BCUT2D eigenvalue weighted by Crippen LogP contribution is -2.57. The van der Waals surface area contributed by atoms with Crippen LogP contribution in [0.5, 0.6) is 0 Å². The van der Waals surface area contributed by atoms with Gasteiger partial charge in [0.15, 0.2) is 0 Å². The quantitative estimate of drug-likeness (QED) is 0.410. The molecule has 0 aliphatic heterocycles. The van der Waals surface area contributed by atoms with Crippen molar-refractivity contribution in [3.05, 3.63) is 59.7 Å². The number of rotatable bonds is 12. The summed E-state index contributed by atoms with van der Waals surface area (Å²) >= 11 is 0. The van der Waals surface area contributed by atoms with Gasteiger partial charge in [-0.05, 0) is 35.6 Å². The Labute approximate surface area is 199 Å². The van der Waals surface area contributed by atoms with Crippen molar-refractivity contribution >= 4 is 18.0 Å². The fraction of sp³-hybridized carbons (Fsp3) is 0.423. The third-order valence-corrected chi connectivity index (χ3v) is 5.96. The van der Waals surface area contributed by atoms with E-state index in [1.165, 1.54) is 0 Å². The monoisotopic (exact) mass is 468 g/mol. The molecule has 1 aliphatic carbocycles. The molecule has 34 heavy (non-hydrogen) atoms. The Balaban J connectivity index is 1.55. The molecule has 2 aromatic carbocycles. The summed E-state index contributed by atoms with van der Waals surface area (Å²) in [7, 11) is 0. The van der Waals surface area contributed by atoms with E-state index in [0.29, 0.717) is 12.8 Å². The topological polar surface area (TPSA) is 114 Å². The fourth-order valence-electron chi connectivity index (χ4n) is 4.29. The smallest absolute Gasteiger partial charge is 0.408 e. The summed E-state index contributed by atoms with van der Waals surface area (Å²) in [6, 6.07) is 16.2. The van der Waals surface area contributed by atoms with E-state index in [1.807, 2.05) is 31.2 Å². The van der Waals surface area contributed by atoms with Crippen LogP contribution in [0.15, 0.2) is 48.5 Å². The lowest BCUT2D eigenvalue weighted by Gasteiger charge is -2.29. The Morgan fingerprint density at radius 1 is 1.00 bits per heavy atom. The van der Waals surface area contributed by atoms with E-state index in [9.17, 15) is 14.4 Å². The van der Waals surface area contributed by atoms with E-state index in [4.69, 9.17) is 14.6 Å². The molecule has 3 N–H and O–H groups in total. The minimum Gasteiger partial charge on any atom is -0.481 e. The molecular weight excluding hydrogens is 436 g/mol. The number of ether oxygens (including phenoxy) is 2. The second kappa shape index (κ2) is 11.7. The Kier molecular flexibility index (Phi) is 8.65. The van der Waals surface area contributed by atoms with Gasteiger partial charge in [-0.1, -0.05) is 61.9 Å². The number of carboxylic acid groups (broad SMARTS) is 1. The minimum atomic E-state index is -1.14. The summed E-state index contributed by atoms with van der Waals surface area (Å²) in [5.41, 5.74) is 3.39. The van der Waals surface area contributed by atoms with Gasteiger partial charge < -0.3 is 25.2 Å². The largest absolute Gasteiger partial charge is 0.481 e. The van der Waals surface area contributed by atoms with Gasteiger partial charge in [0, 0.05) is 12.5 Å². The molecule has 0 saturated heterocycles. The van der Waals surface area contributed by atoms with Crippen LogP contribution in [-0.4, -0.2) is 55.0 Å². The van der Waals surface area contributed by atoms with Crippen molar-refractivity contribution in [2.24, 2.45) is 0 Å². The Bertz CT molecular complexity index is 978. The predicted octanol–water partition coefficient (Wildman–Crippen LogP) is 3.69.